The van der Waals surface area contributed by atoms with Crippen molar-refractivity contribution in [3.05, 3.63) is 23.4 Å². The van der Waals surface area contributed by atoms with Gasteiger partial charge in [0.15, 0.2) is 0 Å². The molecule has 1 saturated heterocycles. The molecule has 0 spiro atoms. The monoisotopic (exact) mass is 275 g/mol. The molecule has 1 aromatic heterocycles. The zero-order valence-electron chi connectivity index (χ0n) is 13.4. The molecule has 112 valence electrons. The van der Waals surface area contributed by atoms with Crippen LogP contribution in [0.15, 0.2) is 12.3 Å². The predicted octanol–water partition coefficient (Wildman–Crippen LogP) is 3.66. The Kier molecular flexibility index (Phi) is 5.41. The van der Waals surface area contributed by atoms with Gasteiger partial charge >= 0.3 is 0 Å². The number of aryl methyl sites for hydroxylation is 1. The van der Waals surface area contributed by atoms with E-state index in [0.717, 1.165) is 13.1 Å². The van der Waals surface area contributed by atoms with Crippen LogP contribution in [0.2, 0.25) is 0 Å². The molecular weight excluding hydrogens is 246 g/mol. The molecule has 0 aliphatic carbocycles. The second-order valence-corrected chi connectivity index (χ2v) is 6.41. The molecule has 1 aliphatic heterocycles. The molecule has 0 bridgehead atoms. The summed E-state index contributed by atoms with van der Waals surface area (Å²) in [6.45, 7) is 10.9. The van der Waals surface area contributed by atoms with E-state index in [0.29, 0.717) is 12.1 Å². The van der Waals surface area contributed by atoms with Crippen LogP contribution in [-0.4, -0.2) is 23.6 Å². The van der Waals surface area contributed by atoms with Crippen LogP contribution in [0.5, 0.6) is 0 Å². The SMILES string of the molecule is Cc1cc(CNC(C)C)cnc1N1CCCCCC1C. The van der Waals surface area contributed by atoms with Gasteiger partial charge in [0.05, 0.1) is 0 Å². The van der Waals surface area contributed by atoms with E-state index in [9.17, 15) is 0 Å². The lowest BCUT2D eigenvalue weighted by Gasteiger charge is -2.29. The maximum absolute atomic E-state index is 4.76. The average Bonchev–Trinajstić information content (AvgIpc) is 2.61. The van der Waals surface area contributed by atoms with Crippen LogP contribution in [0.4, 0.5) is 5.82 Å². The first-order valence-electron chi connectivity index (χ1n) is 8.03. The zero-order chi connectivity index (χ0) is 14.5. The van der Waals surface area contributed by atoms with Crippen LogP contribution < -0.4 is 10.2 Å². The average molecular weight is 275 g/mol. The summed E-state index contributed by atoms with van der Waals surface area (Å²) in [4.78, 5) is 7.26. The summed E-state index contributed by atoms with van der Waals surface area (Å²) in [6, 6.07) is 3.42. The highest BCUT2D eigenvalue weighted by atomic mass is 15.2. The number of pyridine rings is 1. The number of nitrogens with one attached hydrogen (secondary N) is 1. The van der Waals surface area contributed by atoms with E-state index < -0.39 is 0 Å². The lowest BCUT2D eigenvalue weighted by molar-refractivity contribution is 0.586. The summed E-state index contributed by atoms with van der Waals surface area (Å²) in [5, 5.41) is 3.45. The van der Waals surface area contributed by atoms with Gasteiger partial charge < -0.3 is 10.2 Å². The van der Waals surface area contributed by atoms with E-state index in [2.05, 4.69) is 44.0 Å². The number of hydrogen-bond acceptors (Lipinski definition) is 3. The lowest BCUT2D eigenvalue weighted by Crippen LogP contribution is -2.33. The molecule has 0 amide bonds. The van der Waals surface area contributed by atoms with E-state index in [4.69, 9.17) is 4.98 Å². The van der Waals surface area contributed by atoms with Gasteiger partial charge in [0.1, 0.15) is 5.82 Å². The van der Waals surface area contributed by atoms with Gasteiger partial charge in [0.25, 0.3) is 0 Å². The van der Waals surface area contributed by atoms with E-state index in [-0.39, 0.29) is 0 Å². The molecule has 1 fully saturated rings. The summed E-state index contributed by atoms with van der Waals surface area (Å²) < 4.78 is 0. The Morgan fingerprint density at radius 2 is 2.15 bits per heavy atom. The molecule has 1 aliphatic rings. The number of hydrogen-bond donors (Lipinski definition) is 1. The van der Waals surface area contributed by atoms with Crippen LogP contribution in [-0.2, 0) is 6.54 Å². The maximum atomic E-state index is 4.76. The molecule has 2 rings (SSSR count). The Hall–Kier alpha value is -1.09. The molecule has 20 heavy (non-hydrogen) atoms. The van der Waals surface area contributed by atoms with Crippen LogP contribution in [0.1, 0.15) is 57.6 Å². The van der Waals surface area contributed by atoms with Crippen molar-refractivity contribution in [2.24, 2.45) is 0 Å². The Morgan fingerprint density at radius 1 is 1.35 bits per heavy atom. The Bertz CT molecular complexity index is 428. The van der Waals surface area contributed by atoms with E-state index in [1.165, 1.54) is 42.6 Å². The van der Waals surface area contributed by atoms with Gasteiger partial charge in [-0.05, 0) is 43.9 Å². The van der Waals surface area contributed by atoms with Crippen molar-refractivity contribution in [1.82, 2.24) is 10.3 Å². The van der Waals surface area contributed by atoms with Crippen molar-refractivity contribution in [2.45, 2.75) is 72.0 Å². The molecule has 1 atom stereocenters. The second-order valence-electron chi connectivity index (χ2n) is 6.41. The molecule has 1 N–H and O–H groups in total. The van der Waals surface area contributed by atoms with Crippen LogP contribution in [0.25, 0.3) is 0 Å². The highest BCUT2D eigenvalue weighted by Gasteiger charge is 2.19. The molecule has 0 saturated carbocycles. The van der Waals surface area contributed by atoms with Gasteiger partial charge in [0.2, 0.25) is 0 Å². The number of anilines is 1. The normalized spacial score (nSPS) is 20.2. The van der Waals surface area contributed by atoms with Gasteiger partial charge in [-0.15, -0.1) is 0 Å². The van der Waals surface area contributed by atoms with Crippen molar-refractivity contribution in [1.29, 1.82) is 0 Å². The fourth-order valence-corrected chi connectivity index (χ4v) is 2.93. The first-order chi connectivity index (χ1) is 9.58. The third-order valence-corrected chi connectivity index (χ3v) is 4.15. The number of rotatable bonds is 4. The van der Waals surface area contributed by atoms with Crippen molar-refractivity contribution in [3.8, 4) is 0 Å². The molecule has 3 nitrogen and oxygen atoms in total. The quantitative estimate of drug-likeness (QED) is 0.909. The molecule has 1 unspecified atom stereocenters. The molecule has 3 heteroatoms. The van der Waals surface area contributed by atoms with Gasteiger partial charge in [-0.1, -0.05) is 26.7 Å². The molecule has 1 aromatic rings. The van der Waals surface area contributed by atoms with Gasteiger partial charge in [-0.25, -0.2) is 4.98 Å². The van der Waals surface area contributed by atoms with Crippen LogP contribution in [0.3, 0.4) is 0 Å². The minimum absolute atomic E-state index is 0.514. The van der Waals surface area contributed by atoms with Crippen molar-refractivity contribution < 1.29 is 0 Å². The van der Waals surface area contributed by atoms with E-state index in [1.807, 2.05) is 6.20 Å². The van der Waals surface area contributed by atoms with E-state index >= 15 is 0 Å². The van der Waals surface area contributed by atoms with Gasteiger partial charge in [0, 0.05) is 31.4 Å². The van der Waals surface area contributed by atoms with Crippen molar-refractivity contribution >= 4 is 5.82 Å². The smallest absolute Gasteiger partial charge is 0.131 e. The largest absolute Gasteiger partial charge is 0.354 e. The zero-order valence-corrected chi connectivity index (χ0v) is 13.4. The van der Waals surface area contributed by atoms with Crippen molar-refractivity contribution in [2.75, 3.05) is 11.4 Å². The molecule has 0 radical (unpaired) electrons. The minimum atomic E-state index is 0.514. The Balaban J connectivity index is 2.11. The highest BCUT2D eigenvalue weighted by molar-refractivity contribution is 5.48. The number of nitrogens with zero attached hydrogens (tertiary/aromatic N) is 2. The van der Waals surface area contributed by atoms with Crippen LogP contribution in [0, 0.1) is 6.92 Å². The second kappa shape index (κ2) is 7.07. The predicted molar refractivity (Wildman–Crippen MR) is 86.2 cm³/mol. The molecular formula is C17H29N3. The minimum Gasteiger partial charge on any atom is -0.354 e. The molecule has 0 aromatic carbocycles. The standard InChI is InChI=1S/C17H29N3/c1-13(2)18-11-16-10-14(3)17(19-12-16)20-9-7-5-6-8-15(20)4/h10,12-13,15,18H,5-9,11H2,1-4H3. The summed E-state index contributed by atoms with van der Waals surface area (Å²) >= 11 is 0. The molecule has 2 heterocycles. The fraction of sp³-hybridized carbons (Fsp3) is 0.706. The summed E-state index contributed by atoms with van der Waals surface area (Å²) in [7, 11) is 0. The topological polar surface area (TPSA) is 28.2 Å². The number of aromatic nitrogens is 1. The first kappa shape index (κ1) is 15.3. The van der Waals surface area contributed by atoms with E-state index in [1.54, 1.807) is 0 Å². The third kappa shape index (κ3) is 3.95. The van der Waals surface area contributed by atoms with Gasteiger partial charge in [-0.2, -0.15) is 0 Å². The van der Waals surface area contributed by atoms with Gasteiger partial charge in [-0.3, -0.25) is 0 Å². The Labute approximate surface area is 123 Å². The highest BCUT2D eigenvalue weighted by Crippen LogP contribution is 2.25. The van der Waals surface area contributed by atoms with Crippen LogP contribution >= 0.6 is 0 Å². The third-order valence-electron chi connectivity index (χ3n) is 4.15. The Morgan fingerprint density at radius 3 is 2.85 bits per heavy atom. The fourth-order valence-electron chi connectivity index (χ4n) is 2.93. The maximum Gasteiger partial charge on any atom is 0.131 e. The summed E-state index contributed by atoms with van der Waals surface area (Å²) in [5.74, 6) is 1.19. The first-order valence-corrected chi connectivity index (χ1v) is 8.03. The summed E-state index contributed by atoms with van der Waals surface area (Å²) in [6.07, 6.45) is 7.33. The van der Waals surface area contributed by atoms with Crippen molar-refractivity contribution in [3.63, 3.8) is 0 Å². The summed E-state index contributed by atoms with van der Waals surface area (Å²) in [5.41, 5.74) is 2.59. The lowest BCUT2D eigenvalue weighted by atomic mass is 10.1.